The van der Waals surface area contributed by atoms with Crippen molar-refractivity contribution in [2.45, 2.75) is 38.4 Å². The van der Waals surface area contributed by atoms with E-state index in [0.29, 0.717) is 13.0 Å². The maximum Gasteiger partial charge on any atom is 0.389 e. The minimum atomic E-state index is -4.05. The van der Waals surface area contributed by atoms with Crippen LogP contribution in [0.3, 0.4) is 0 Å². The van der Waals surface area contributed by atoms with E-state index < -0.39 is 12.6 Å². The van der Waals surface area contributed by atoms with Crippen LogP contribution in [0.2, 0.25) is 0 Å². The Morgan fingerprint density at radius 3 is 2.69 bits per heavy atom. The van der Waals surface area contributed by atoms with Crippen molar-refractivity contribution in [2.24, 2.45) is 0 Å². The topological polar surface area (TPSA) is 12.0 Å². The van der Waals surface area contributed by atoms with Crippen LogP contribution in [0.15, 0.2) is 16.8 Å². The molecule has 0 aliphatic heterocycles. The zero-order valence-electron chi connectivity index (χ0n) is 9.18. The Hall–Kier alpha value is -0.550. The Morgan fingerprint density at radius 2 is 2.19 bits per heavy atom. The summed E-state index contributed by atoms with van der Waals surface area (Å²) in [5, 5.41) is 7.03. The van der Waals surface area contributed by atoms with Crippen LogP contribution in [0.1, 0.15) is 25.3 Å². The molecule has 1 atom stereocenters. The van der Waals surface area contributed by atoms with E-state index in [1.807, 2.05) is 23.8 Å². The van der Waals surface area contributed by atoms with E-state index in [0.717, 1.165) is 5.56 Å². The molecule has 92 valence electrons. The fourth-order valence-corrected chi connectivity index (χ4v) is 2.28. The third kappa shape index (κ3) is 5.51. The number of alkyl halides is 3. The van der Waals surface area contributed by atoms with E-state index in [-0.39, 0.29) is 12.5 Å². The molecular weight excluding hydrogens is 235 g/mol. The maximum atomic E-state index is 12.1. The quantitative estimate of drug-likeness (QED) is 0.814. The fraction of sp³-hybridized carbons (Fsp3) is 0.636. The summed E-state index contributed by atoms with van der Waals surface area (Å²) >= 11 is 1.57. The number of rotatable bonds is 6. The number of halogens is 3. The summed E-state index contributed by atoms with van der Waals surface area (Å²) in [5.74, 6) is 0. The molecule has 0 aliphatic carbocycles. The molecule has 1 rings (SSSR count). The molecular formula is C11H16F3NS. The van der Waals surface area contributed by atoms with Crippen molar-refractivity contribution in [3.05, 3.63) is 22.4 Å². The van der Waals surface area contributed by atoms with Crippen molar-refractivity contribution in [3.8, 4) is 0 Å². The minimum absolute atomic E-state index is 0.0822. The van der Waals surface area contributed by atoms with Gasteiger partial charge in [0, 0.05) is 12.5 Å². The molecule has 1 nitrogen and oxygen atoms in total. The van der Waals surface area contributed by atoms with Gasteiger partial charge in [-0.05, 0) is 41.8 Å². The van der Waals surface area contributed by atoms with Gasteiger partial charge in [-0.15, -0.1) is 0 Å². The highest BCUT2D eigenvalue weighted by atomic mass is 32.1. The predicted molar refractivity (Wildman–Crippen MR) is 60.8 cm³/mol. The highest BCUT2D eigenvalue weighted by Crippen LogP contribution is 2.23. The molecule has 0 radical (unpaired) electrons. The third-order valence-corrected chi connectivity index (χ3v) is 3.06. The Morgan fingerprint density at radius 1 is 1.44 bits per heavy atom. The minimum Gasteiger partial charge on any atom is -0.314 e. The Bertz CT molecular complexity index is 282. The van der Waals surface area contributed by atoms with Crippen molar-refractivity contribution < 1.29 is 13.2 Å². The molecule has 0 saturated heterocycles. The van der Waals surface area contributed by atoms with E-state index >= 15 is 0 Å². The van der Waals surface area contributed by atoms with Crippen molar-refractivity contribution in [1.82, 2.24) is 5.32 Å². The second-order valence-electron chi connectivity index (χ2n) is 3.74. The fourth-order valence-electron chi connectivity index (χ4n) is 1.60. The van der Waals surface area contributed by atoms with Crippen molar-refractivity contribution in [1.29, 1.82) is 0 Å². The summed E-state index contributed by atoms with van der Waals surface area (Å²) < 4.78 is 36.3. The Kier molecular flexibility index (Phi) is 5.28. The van der Waals surface area contributed by atoms with Crippen LogP contribution < -0.4 is 5.32 Å². The zero-order valence-corrected chi connectivity index (χ0v) is 10.00. The molecule has 0 saturated carbocycles. The molecule has 0 aromatic carbocycles. The van der Waals surface area contributed by atoms with Crippen molar-refractivity contribution >= 4 is 11.3 Å². The first-order valence-corrected chi connectivity index (χ1v) is 6.26. The van der Waals surface area contributed by atoms with Crippen LogP contribution in [-0.2, 0) is 6.42 Å². The molecule has 1 heterocycles. The number of nitrogens with one attached hydrogen (secondary N) is 1. The van der Waals surface area contributed by atoms with Crippen LogP contribution >= 0.6 is 11.3 Å². The zero-order chi connectivity index (χ0) is 12.0. The second kappa shape index (κ2) is 6.25. The molecule has 0 fully saturated rings. The van der Waals surface area contributed by atoms with E-state index in [2.05, 4.69) is 5.32 Å². The predicted octanol–water partition coefficient (Wildman–Crippen LogP) is 3.61. The maximum absolute atomic E-state index is 12.1. The van der Waals surface area contributed by atoms with Gasteiger partial charge in [-0.25, -0.2) is 0 Å². The van der Waals surface area contributed by atoms with Gasteiger partial charge >= 0.3 is 6.18 Å². The smallest absolute Gasteiger partial charge is 0.314 e. The molecule has 0 aliphatic rings. The third-order valence-electron chi connectivity index (χ3n) is 2.33. The number of hydrogen-bond acceptors (Lipinski definition) is 2. The van der Waals surface area contributed by atoms with Crippen LogP contribution in [0.4, 0.5) is 13.2 Å². The number of thiophene rings is 1. The first-order valence-electron chi connectivity index (χ1n) is 5.32. The first kappa shape index (κ1) is 13.5. The molecule has 16 heavy (non-hydrogen) atoms. The lowest BCUT2D eigenvalue weighted by Gasteiger charge is -2.18. The van der Waals surface area contributed by atoms with Crippen LogP contribution in [0.25, 0.3) is 0 Å². The van der Waals surface area contributed by atoms with Gasteiger partial charge in [-0.1, -0.05) is 6.92 Å². The molecule has 0 amide bonds. The summed E-state index contributed by atoms with van der Waals surface area (Å²) in [6, 6.07) is 1.88. The molecule has 0 spiro atoms. The van der Waals surface area contributed by atoms with Gasteiger partial charge in [-0.2, -0.15) is 24.5 Å². The number of likely N-dealkylation sites (N-methyl/N-ethyl adjacent to an activating group) is 1. The highest BCUT2D eigenvalue weighted by Gasteiger charge is 2.28. The van der Waals surface area contributed by atoms with Crippen LogP contribution in [0.5, 0.6) is 0 Å². The molecule has 1 aromatic heterocycles. The van der Waals surface area contributed by atoms with Crippen molar-refractivity contribution in [2.75, 3.05) is 6.54 Å². The lowest BCUT2D eigenvalue weighted by Crippen LogP contribution is -2.32. The molecule has 1 unspecified atom stereocenters. The van der Waals surface area contributed by atoms with Crippen LogP contribution in [0, 0.1) is 0 Å². The van der Waals surface area contributed by atoms with E-state index in [1.54, 1.807) is 11.3 Å². The van der Waals surface area contributed by atoms with Gasteiger partial charge < -0.3 is 5.32 Å². The average molecular weight is 251 g/mol. The van der Waals surface area contributed by atoms with Crippen LogP contribution in [-0.4, -0.2) is 18.8 Å². The van der Waals surface area contributed by atoms with Gasteiger partial charge in [0.1, 0.15) is 0 Å². The van der Waals surface area contributed by atoms with Gasteiger partial charge in [0.2, 0.25) is 0 Å². The van der Waals surface area contributed by atoms with E-state index in [4.69, 9.17) is 0 Å². The molecule has 0 bridgehead atoms. The Labute approximate surface area is 97.7 Å². The standard InChI is InChI=1S/C11H16F3NS/c1-2-15-10(3-5-11(12,13)14)7-9-4-6-16-8-9/h4,6,8,10,15H,2-3,5,7H2,1H3. The lowest BCUT2D eigenvalue weighted by atomic mass is 10.0. The van der Waals surface area contributed by atoms with E-state index in [1.165, 1.54) is 0 Å². The largest absolute Gasteiger partial charge is 0.389 e. The van der Waals surface area contributed by atoms with Gasteiger partial charge in [0.05, 0.1) is 0 Å². The summed E-state index contributed by atoms with van der Waals surface area (Å²) in [6.07, 6.45) is -3.95. The van der Waals surface area contributed by atoms with Gasteiger partial charge in [-0.3, -0.25) is 0 Å². The highest BCUT2D eigenvalue weighted by molar-refractivity contribution is 7.07. The average Bonchev–Trinajstić information content (AvgIpc) is 2.66. The first-order chi connectivity index (χ1) is 7.51. The summed E-state index contributed by atoms with van der Waals surface area (Å²) in [7, 11) is 0. The van der Waals surface area contributed by atoms with Gasteiger partial charge in [0.25, 0.3) is 0 Å². The molecule has 1 aromatic rings. The summed E-state index contributed by atoms with van der Waals surface area (Å²) in [6.45, 7) is 2.61. The van der Waals surface area contributed by atoms with Gasteiger partial charge in [0.15, 0.2) is 0 Å². The monoisotopic (exact) mass is 251 g/mol. The Balaban J connectivity index is 2.41. The SMILES string of the molecule is CCNC(CCC(F)(F)F)Cc1ccsc1. The second-order valence-corrected chi connectivity index (χ2v) is 4.52. The normalized spacial score (nSPS) is 14.0. The summed E-state index contributed by atoms with van der Waals surface area (Å²) in [4.78, 5) is 0. The molecule has 5 heteroatoms. The van der Waals surface area contributed by atoms with Crippen molar-refractivity contribution in [3.63, 3.8) is 0 Å². The molecule has 1 N–H and O–H groups in total. The summed E-state index contributed by atoms with van der Waals surface area (Å²) in [5.41, 5.74) is 1.11. The lowest BCUT2D eigenvalue weighted by molar-refractivity contribution is -0.136. The van der Waals surface area contributed by atoms with E-state index in [9.17, 15) is 13.2 Å². The number of hydrogen-bond donors (Lipinski definition) is 1.